The molecule has 1 heterocycles. The number of para-hydroxylation sites is 2. The van der Waals surface area contributed by atoms with Gasteiger partial charge in [-0.2, -0.15) is 0 Å². The van der Waals surface area contributed by atoms with E-state index in [4.69, 9.17) is 35.3 Å². The standard InChI is InChI=1S/C19H19ClO6/c1-2-22-15-5-3-4-6-16(15)25-12-18(21)26-11-13-9-14(20)19-17(10-13)23-7-8-24-19/h3-6,9-10H,2,7-8,11-12H2,1H3. The summed E-state index contributed by atoms with van der Waals surface area (Å²) < 4.78 is 27.1. The van der Waals surface area contributed by atoms with Gasteiger partial charge in [-0.3, -0.25) is 0 Å². The minimum atomic E-state index is -0.498. The molecule has 7 heteroatoms. The molecule has 0 saturated heterocycles. The number of esters is 1. The van der Waals surface area contributed by atoms with E-state index in [2.05, 4.69) is 0 Å². The second-order valence-corrected chi connectivity index (χ2v) is 5.84. The van der Waals surface area contributed by atoms with E-state index in [1.807, 2.05) is 13.0 Å². The minimum Gasteiger partial charge on any atom is -0.490 e. The SMILES string of the molecule is CCOc1ccccc1OCC(=O)OCc1cc(Cl)c2c(c1)OCCO2. The van der Waals surface area contributed by atoms with Gasteiger partial charge in [0.25, 0.3) is 0 Å². The number of benzene rings is 2. The predicted molar refractivity (Wildman–Crippen MR) is 95.3 cm³/mol. The van der Waals surface area contributed by atoms with Crippen LogP contribution in [-0.4, -0.2) is 32.4 Å². The van der Waals surface area contributed by atoms with E-state index in [1.54, 1.807) is 30.3 Å². The molecule has 0 fully saturated rings. The second-order valence-electron chi connectivity index (χ2n) is 5.43. The zero-order valence-corrected chi connectivity index (χ0v) is 15.1. The highest BCUT2D eigenvalue weighted by molar-refractivity contribution is 6.32. The topological polar surface area (TPSA) is 63.2 Å². The van der Waals surface area contributed by atoms with E-state index < -0.39 is 5.97 Å². The summed E-state index contributed by atoms with van der Waals surface area (Å²) in [7, 11) is 0. The summed E-state index contributed by atoms with van der Waals surface area (Å²) in [5.74, 6) is 1.65. The molecule has 0 amide bonds. The number of hydrogen-bond donors (Lipinski definition) is 0. The van der Waals surface area contributed by atoms with Crippen molar-refractivity contribution in [2.75, 3.05) is 26.4 Å². The number of rotatable bonds is 7. The number of fused-ring (bicyclic) bond motifs is 1. The van der Waals surface area contributed by atoms with Crippen LogP contribution in [0.4, 0.5) is 0 Å². The van der Waals surface area contributed by atoms with Gasteiger partial charge in [-0.25, -0.2) is 4.79 Å². The van der Waals surface area contributed by atoms with Crippen molar-refractivity contribution in [3.05, 3.63) is 47.0 Å². The van der Waals surface area contributed by atoms with Gasteiger partial charge in [-0.1, -0.05) is 23.7 Å². The lowest BCUT2D eigenvalue weighted by molar-refractivity contribution is -0.147. The molecule has 2 aromatic carbocycles. The third-order valence-electron chi connectivity index (χ3n) is 3.55. The lowest BCUT2D eigenvalue weighted by atomic mass is 10.2. The molecule has 0 aromatic heterocycles. The normalized spacial score (nSPS) is 12.4. The Balaban J connectivity index is 1.54. The highest BCUT2D eigenvalue weighted by atomic mass is 35.5. The van der Waals surface area contributed by atoms with Crippen molar-refractivity contribution in [1.82, 2.24) is 0 Å². The molecule has 0 bridgehead atoms. The zero-order chi connectivity index (χ0) is 18.4. The van der Waals surface area contributed by atoms with Gasteiger partial charge in [-0.15, -0.1) is 0 Å². The molecular weight excluding hydrogens is 360 g/mol. The summed E-state index contributed by atoms with van der Waals surface area (Å²) in [5.41, 5.74) is 0.710. The van der Waals surface area contributed by atoms with Gasteiger partial charge >= 0.3 is 5.97 Å². The number of halogens is 1. The van der Waals surface area contributed by atoms with Gasteiger partial charge < -0.3 is 23.7 Å². The highest BCUT2D eigenvalue weighted by Crippen LogP contribution is 2.38. The van der Waals surface area contributed by atoms with Crippen molar-refractivity contribution in [2.24, 2.45) is 0 Å². The van der Waals surface area contributed by atoms with Crippen molar-refractivity contribution in [3.63, 3.8) is 0 Å². The van der Waals surface area contributed by atoms with Crippen molar-refractivity contribution < 1.29 is 28.5 Å². The van der Waals surface area contributed by atoms with Gasteiger partial charge in [-0.05, 0) is 36.8 Å². The first kappa shape index (κ1) is 18.2. The molecule has 0 radical (unpaired) electrons. The fourth-order valence-corrected chi connectivity index (χ4v) is 2.72. The maximum Gasteiger partial charge on any atom is 0.344 e. The molecular formula is C19H19ClO6. The van der Waals surface area contributed by atoms with Crippen LogP contribution in [0.2, 0.25) is 5.02 Å². The highest BCUT2D eigenvalue weighted by Gasteiger charge is 2.17. The number of ether oxygens (including phenoxy) is 5. The number of hydrogen-bond acceptors (Lipinski definition) is 6. The lowest BCUT2D eigenvalue weighted by Crippen LogP contribution is -2.17. The molecule has 3 rings (SSSR count). The van der Waals surface area contributed by atoms with E-state index >= 15 is 0 Å². The van der Waals surface area contributed by atoms with E-state index in [0.29, 0.717) is 53.4 Å². The molecule has 0 aliphatic carbocycles. The van der Waals surface area contributed by atoms with Crippen LogP contribution in [0.25, 0.3) is 0 Å². The molecule has 2 aromatic rings. The zero-order valence-electron chi connectivity index (χ0n) is 14.3. The Morgan fingerprint density at radius 1 is 1.12 bits per heavy atom. The van der Waals surface area contributed by atoms with Crippen LogP contribution in [0, 0.1) is 0 Å². The van der Waals surface area contributed by atoms with E-state index in [0.717, 1.165) is 0 Å². The van der Waals surface area contributed by atoms with Crippen LogP contribution in [-0.2, 0) is 16.1 Å². The van der Waals surface area contributed by atoms with E-state index in [9.17, 15) is 4.79 Å². The molecule has 1 aliphatic rings. The molecule has 0 N–H and O–H groups in total. The number of carbonyl (C=O) groups is 1. The summed E-state index contributed by atoms with van der Waals surface area (Å²) in [6.45, 7) is 3.15. The fraction of sp³-hybridized carbons (Fsp3) is 0.316. The van der Waals surface area contributed by atoms with E-state index in [1.165, 1.54) is 0 Å². The molecule has 0 atom stereocenters. The number of carbonyl (C=O) groups excluding carboxylic acids is 1. The van der Waals surface area contributed by atoms with Gasteiger partial charge in [0.05, 0.1) is 11.6 Å². The Bertz CT molecular complexity index is 777. The first-order valence-electron chi connectivity index (χ1n) is 8.25. The van der Waals surface area contributed by atoms with Crippen LogP contribution in [0.1, 0.15) is 12.5 Å². The van der Waals surface area contributed by atoms with Crippen molar-refractivity contribution in [1.29, 1.82) is 0 Å². The van der Waals surface area contributed by atoms with Gasteiger partial charge in [0.15, 0.2) is 29.6 Å². The van der Waals surface area contributed by atoms with Gasteiger partial charge in [0.1, 0.15) is 19.8 Å². The molecule has 1 aliphatic heterocycles. The summed E-state index contributed by atoms with van der Waals surface area (Å²) in [6, 6.07) is 10.6. The average molecular weight is 379 g/mol. The first-order valence-corrected chi connectivity index (χ1v) is 8.63. The first-order chi connectivity index (χ1) is 12.7. The molecule has 0 spiro atoms. The largest absolute Gasteiger partial charge is 0.490 e. The van der Waals surface area contributed by atoms with Crippen LogP contribution < -0.4 is 18.9 Å². The Hall–Kier alpha value is -2.60. The Morgan fingerprint density at radius 3 is 2.62 bits per heavy atom. The Labute approximate surface area is 156 Å². The third-order valence-corrected chi connectivity index (χ3v) is 3.83. The molecule has 0 unspecified atom stereocenters. The van der Waals surface area contributed by atoms with Crippen LogP contribution in [0.3, 0.4) is 0 Å². The molecule has 138 valence electrons. The molecule has 6 nitrogen and oxygen atoms in total. The molecule has 0 saturated carbocycles. The summed E-state index contributed by atoms with van der Waals surface area (Å²) in [5, 5.41) is 0.426. The third kappa shape index (κ3) is 4.52. The van der Waals surface area contributed by atoms with Crippen molar-refractivity contribution >= 4 is 17.6 Å². The Morgan fingerprint density at radius 2 is 1.85 bits per heavy atom. The smallest absolute Gasteiger partial charge is 0.344 e. The summed E-state index contributed by atoms with van der Waals surface area (Å²) in [4.78, 5) is 12.0. The molecule has 26 heavy (non-hydrogen) atoms. The monoisotopic (exact) mass is 378 g/mol. The maximum atomic E-state index is 12.0. The van der Waals surface area contributed by atoms with Crippen molar-refractivity contribution in [2.45, 2.75) is 13.5 Å². The van der Waals surface area contributed by atoms with Crippen LogP contribution in [0.15, 0.2) is 36.4 Å². The van der Waals surface area contributed by atoms with Gasteiger partial charge in [0, 0.05) is 0 Å². The average Bonchev–Trinajstić information content (AvgIpc) is 2.66. The quantitative estimate of drug-likeness (QED) is 0.685. The van der Waals surface area contributed by atoms with Crippen LogP contribution in [0.5, 0.6) is 23.0 Å². The Kier molecular flexibility index (Phi) is 6.07. The summed E-state index contributed by atoms with van der Waals surface area (Å²) >= 11 is 6.17. The van der Waals surface area contributed by atoms with Crippen molar-refractivity contribution in [3.8, 4) is 23.0 Å². The minimum absolute atomic E-state index is 0.0612. The lowest BCUT2D eigenvalue weighted by Gasteiger charge is -2.20. The predicted octanol–water partition coefficient (Wildman–Crippen LogP) is 3.63. The second kappa shape index (κ2) is 8.67. The van der Waals surface area contributed by atoms with Gasteiger partial charge in [0.2, 0.25) is 0 Å². The fourth-order valence-electron chi connectivity index (χ4n) is 2.43. The maximum absolute atomic E-state index is 12.0. The van der Waals surface area contributed by atoms with Crippen LogP contribution >= 0.6 is 11.6 Å². The summed E-state index contributed by atoms with van der Waals surface area (Å²) in [6.07, 6.45) is 0. The van der Waals surface area contributed by atoms with E-state index in [-0.39, 0.29) is 13.2 Å².